The highest BCUT2D eigenvalue weighted by molar-refractivity contribution is 9.10. The number of carbonyl (C=O) groups excluding carboxylic acids is 1. The van der Waals surface area contributed by atoms with E-state index in [1.165, 1.54) is 0 Å². The third kappa shape index (κ3) is 4.04. The van der Waals surface area contributed by atoms with E-state index in [1.54, 1.807) is 12.0 Å². The van der Waals surface area contributed by atoms with Gasteiger partial charge in [0.25, 0.3) is 0 Å². The number of ether oxygens (including phenoxy) is 2. The third-order valence-electron chi connectivity index (χ3n) is 4.40. The fraction of sp³-hybridized carbons (Fsp3) is 0.381. The van der Waals surface area contributed by atoms with Gasteiger partial charge in [0.05, 0.1) is 18.8 Å². The first kappa shape index (κ1) is 18.8. The summed E-state index contributed by atoms with van der Waals surface area (Å²) in [4.78, 5) is 14.8. The molecule has 0 saturated carbocycles. The van der Waals surface area contributed by atoms with Gasteiger partial charge in [0, 0.05) is 4.47 Å². The van der Waals surface area contributed by atoms with Crippen LogP contribution < -0.4 is 9.64 Å². The van der Waals surface area contributed by atoms with Crippen LogP contribution in [-0.4, -0.2) is 18.8 Å². The van der Waals surface area contributed by atoms with Crippen LogP contribution in [0, 0.1) is 0 Å². The van der Waals surface area contributed by atoms with Gasteiger partial charge in [-0.25, -0.2) is 4.79 Å². The predicted molar refractivity (Wildman–Crippen MR) is 107 cm³/mol. The number of aryl methyl sites for hydroxylation is 1. The number of fused-ring (bicyclic) bond motifs is 1. The maximum absolute atomic E-state index is 13.1. The molecule has 1 atom stereocenters. The largest absolute Gasteiger partial charge is 0.497 e. The molecule has 0 radical (unpaired) electrons. The number of hydrogen-bond donors (Lipinski definition) is 0. The fourth-order valence-corrected chi connectivity index (χ4v) is 3.59. The second-order valence-corrected chi connectivity index (χ2v) is 8.37. The second kappa shape index (κ2) is 7.31. The molecule has 0 aliphatic carbocycles. The lowest BCUT2D eigenvalue weighted by atomic mass is 9.91. The molecule has 138 valence electrons. The van der Waals surface area contributed by atoms with Crippen LogP contribution in [0.15, 0.2) is 46.9 Å². The lowest BCUT2D eigenvalue weighted by molar-refractivity contribution is 0.0560. The van der Waals surface area contributed by atoms with Crippen molar-refractivity contribution in [2.75, 3.05) is 12.0 Å². The van der Waals surface area contributed by atoms with Gasteiger partial charge in [-0.1, -0.05) is 34.1 Å². The highest BCUT2D eigenvalue weighted by Crippen LogP contribution is 2.41. The molecule has 0 spiro atoms. The minimum Gasteiger partial charge on any atom is -0.497 e. The maximum atomic E-state index is 13.1. The normalized spacial score (nSPS) is 16.8. The molecular weight excluding hydrogens is 394 g/mol. The average molecular weight is 418 g/mol. The Kier molecular flexibility index (Phi) is 5.28. The lowest BCUT2D eigenvalue weighted by Crippen LogP contribution is -2.42. The van der Waals surface area contributed by atoms with Crippen molar-refractivity contribution in [1.29, 1.82) is 0 Å². The van der Waals surface area contributed by atoms with Crippen molar-refractivity contribution in [2.45, 2.75) is 45.3 Å². The van der Waals surface area contributed by atoms with E-state index < -0.39 is 5.60 Å². The first-order valence-corrected chi connectivity index (χ1v) is 9.52. The van der Waals surface area contributed by atoms with Crippen molar-refractivity contribution in [3.05, 3.63) is 58.1 Å². The Morgan fingerprint density at radius 1 is 1.15 bits per heavy atom. The Morgan fingerprint density at radius 2 is 1.85 bits per heavy atom. The first-order chi connectivity index (χ1) is 12.3. The summed E-state index contributed by atoms with van der Waals surface area (Å²) in [7, 11) is 1.65. The number of amides is 1. The van der Waals surface area contributed by atoms with E-state index in [0.29, 0.717) is 0 Å². The van der Waals surface area contributed by atoms with E-state index in [2.05, 4.69) is 22.0 Å². The summed E-state index contributed by atoms with van der Waals surface area (Å²) in [5.41, 5.74) is 2.58. The highest BCUT2D eigenvalue weighted by atomic mass is 79.9. The third-order valence-corrected chi connectivity index (χ3v) is 4.89. The van der Waals surface area contributed by atoms with Crippen LogP contribution in [0.2, 0.25) is 0 Å². The van der Waals surface area contributed by atoms with Gasteiger partial charge in [0.15, 0.2) is 0 Å². The zero-order valence-electron chi connectivity index (χ0n) is 15.6. The summed E-state index contributed by atoms with van der Waals surface area (Å²) in [5, 5.41) is 0. The Hall–Kier alpha value is -2.01. The Labute approximate surface area is 163 Å². The van der Waals surface area contributed by atoms with Crippen LogP contribution in [0.5, 0.6) is 5.75 Å². The molecule has 0 N–H and O–H groups in total. The molecule has 1 amide bonds. The van der Waals surface area contributed by atoms with E-state index in [0.717, 1.165) is 39.9 Å². The molecule has 0 fully saturated rings. The minimum absolute atomic E-state index is 0.0717. The van der Waals surface area contributed by atoms with Gasteiger partial charge >= 0.3 is 6.09 Å². The van der Waals surface area contributed by atoms with Crippen molar-refractivity contribution in [2.24, 2.45) is 0 Å². The number of anilines is 1. The summed E-state index contributed by atoms with van der Waals surface area (Å²) < 4.78 is 11.9. The van der Waals surface area contributed by atoms with E-state index in [1.807, 2.05) is 57.2 Å². The van der Waals surface area contributed by atoms with Gasteiger partial charge in [-0.2, -0.15) is 0 Å². The van der Waals surface area contributed by atoms with Gasteiger partial charge in [0.2, 0.25) is 0 Å². The summed E-state index contributed by atoms with van der Waals surface area (Å²) in [5.74, 6) is 0.802. The summed E-state index contributed by atoms with van der Waals surface area (Å²) in [6, 6.07) is 13.9. The monoisotopic (exact) mass is 417 g/mol. The van der Waals surface area contributed by atoms with Gasteiger partial charge in [-0.05, 0) is 69.0 Å². The molecule has 2 aromatic rings. The molecule has 1 aliphatic heterocycles. The fourth-order valence-electron chi connectivity index (χ4n) is 3.24. The standard InChI is InChI=1S/C21H24BrNO3/c1-21(2,3)26-20(24)23-18(14-6-10-17(25-4)11-7-14)12-8-15-5-9-16(22)13-19(15)23/h5-7,9-11,13,18H,8,12H2,1-4H3. The van der Waals surface area contributed by atoms with Crippen LogP contribution in [0.25, 0.3) is 0 Å². The zero-order valence-corrected chi connectivity index (χ0v) is 17.2. The SMILES string of the molecule is COc1ccc(C2CCc3ccc(Br)cc3N2C(=O)OC(C)(C)C)cc1. The second-order valence-electron chi connectivity index (χ2n) is 7.45. The van der Waals surface area contributed by atoms with Crippen molar-refractivity contribution in [1.82, 2.24) is 0 Å². The van der Waals surface area contributed by atoms with Crippen LogP contribution in [-0.2, 0) is 11.2 Å². The van der Waals surface area contributed by atoms with Crippen LogP contribution in [0.3, 0.4) is 0 Å². The molecule has 1 unspecified atom stereocenters. The molecular formula is C21H24BrNO3. The molecule has 5 heteroatoms. The van der Waals surface area contributed by atoms with E-state index >= 15 is 0 Å². The first-order valence-electron chi connectivity index (χ1n) is 8.73. The van der Waals surface area contributed by atoms with E-state index in [9.17, 15) is 4.79 Å². The molecule has 0 bridgehead atoms. The number of rotatable bonds is 2. The predicted octanol–water partition coefficient (Wildman–Crippen LogP) is 5.89. The van der Waals surface area contributed by atoms with E-state index in [4.69, 9.17) is 9.47 Å². The Bertz CT molecular complexity index is 796. The van der Waals surface area contributed by atoms with Crippen molar-refractivity contribution in [3.63, 3.8) is 0 Å². The smallest absolute Gasteiger partial charge is 0.415 e. The van der Waals surface area contributed by atoms with Gasteiger partial charge in [-0.15, -0.1) is 0 Å². The van der Waals surface area contributed by atoms with Crippen LogP contribution in [0.4, 0.5) is 10.5 Å². The number of carbonyl (C=O) groups is 1. The van der Waals surface area contributed by atoms with Crippen molar-refractivity contribution in [3.8, 4) is 5.75 Å². The summed E-state index contributed by atoms with van der Waals surface area (Å²) >= 11 is 3.53. The summed E-state index contributed by atoms with van der Waals surface area (Å²) in [6.45, 7) is 5.66. The number of hydrogen-bond acceptors (Lipinski definition) is 3. The topological polar surface area (TPSA) is 38.8 Å². The molecule has 1 aliphatic rings. The summed E-state index contributed by atoms with van der Waals surface area (Å²) in [6.07, 6.45) is 1.44. The Morgan fingerprint density at radius 3 is 2.46 bits per heavy atom. The molecule has 0 aromatic heterocycles. The molecule has 0 saturated heterocycles. The zero-order chi connectivity index (χ0) is 18.9. The number of benzene rings is 2. The van der Waals surface area contributed by atoms with Crippen LogP contribution >= 0.6 is 15.9 Å². The number of methoxy groups -OCH3 is 1. The lowest BCUT2D eigenvalue weighted by Gasteiger charge is -2.38. The number of nitrogens with zero attached hydrogens (tertiary/aromatic N) is 1. The molecule has 4 nitrogen and oxygen atoms in total. The average Bonchev–Trinajstić information content (AvgIpc) is 2.59. The highest BCUT2D eigenvalue weighted by Gasteiger charge is 2.35. The van der Waals surface area contributed by atoms with Gasteiger partial charge < -0.3 is 9.47 Å². The van der Waals surface area contributed by atoms with Gasteiger partial charge in [0.1, 0.15) is 11.4 Å². The minimum atomic E-state index is -0.550. The molecule has 1 heterocycles. The molecule has 3 rings (SSSR count). The Balaban J connectivity index is 2.03. The van der Waals surface area contributed by atoms with Crippen LogP contribution in [0.1, 0.15) is 44.4 Å². The quantitative estimate of drug-likeness (QED) is 0.611. The molecule has 2 aromatic carbocycles. The van der Waals surface area contributed by atoms with Gasteiger partial charge in [-0.3, -0.25) is 4.90 Å². The van der Waals surface area contributed by atoms with Crippen molar-refractivity contribution >= 4 is 27.7 Å². The number of halogens is 1. The molecule has 26 heavy (non-hydrogen) atoms. The van der Waals surface area contributed by atoms with E-state index in [-0.39, 0.29) is 12.1 Å². The maximum Gasteiger partial charge on any atom is 0.415 e. The van der Waals surface area contributed by atoms with Crippen molar-refractivity contribution < 1.29 is 14.3 Å².